The number of carbonyl (C=O) groups excluding carboxylic acids is 1. The lowest BCUT2D eigenvalue weighted by Crippen LogP contribution is -2.67. The second-order valence-electron chi connectivity index (χ2n) is 6.32. The van der Waals surface area contributed by atoms with E-state index in [1.165, 1.54) is 0 Å². The summed E-state index contributed by atoms with van der Waals surface area (Å²) in [6.45, 7) is -0.0779. The van der Waals surface area contributed by atoms with Gasteiger partial charge in [0.2, 0.25) is 0 Å². The SMILES string of the molecule is C[N+]12CCO[B-]1(c1cc(Cl)nc(C3CC3)c1)OC(=O)C2. The van der Waals surface area contributed by atoms with Crippen LogP contribution in [0.5, 0.6) is 0 Å². The second-order valence-corrected chi connectivity index (χ2v) is 6.70. The number of halogens is 1. The second kappa shape index (κ2) is 3.96. The van der Waals surface area contributed by atoms with Gasteiger partial charge in [0.05, 0.1) is 13.2 Å². The highest BCUT2D eigenvalue weighted by atomic mass is 35.5. The van der Waals surface area contributed by atoms with Crippen LogP contribution in [0.3, 0.4) is 0 Å². The van der Waals surface area contributed by atoms with Crippen molar-refractivity contribution in [3.8, 4) is 0 Å². The predicted octanol–water partition coefficient (Wildman–Crippen LogP) is 0.792. The topological polar surface area (TPSA) is 48.4 Å². The van der Waals surface area contributed by atoms with Crippen LogP contribution in [0.2, 0.25) is 5.15 Å². The van der Waals surface area contributed by atoms with Gasteiger partial charge in [0, 0.05) is 18.7 Å². The molecule has 2 saturated heterocycles. The number of nitrogens with zero attached hydrogens (tertiary/aromatic N) is 2. The Morgan fingerprint density at radius 1 is 1.45 bits per heavy atom. The Labute approximate surface area is 122 Å². The molecule has 106 valence electrons. The minimum Gasteiger partial charge on any atom is -0.607 e. The molecule has 0 aromatic carbocycles. The van der Waals surface area contributed by atoms with Gasteiger partial charge in [-0.3, -0.25) is 4.79 Å². The number of quaternary nitrogens is 1. The number of rotatable bonds is 2. The van der Waals surface area contributed by atoms with E-state index in [0.29, 0.717) is 28.6 Å². The molecule has 2 atom stereocenters. The maximum absolute atomic E-state index is 11.8. The minimum absolute atomic E-state index is 0.201. The van der Waals surface area contributed by atoms with E-state index < -0.39 is 6.69 Å². The monoisotopic (exact) mass is 294 g/mol. The molecule has 1 saturated carbocycles. The van der Waals surface area contributed by atoms with Gasteiger partial charge in [-0.15, -0.1) is 0 Å². The van der Waals surface area contributed by atoms with Crippen LogP contribution in [-0.2, 0) is 14.1 Å². The largest absolute Gasteiger partial charge is 0.607 e. The molecule has 0 bridgehead atoms. The lowest BCUT2D eigenvalue weighted by atomic mass is 9.61. The first-order valence-electron chi connectivity index (χ1n) is 7.04. The molecule has 3 fully saturated rings. The zero-order valence-electron chi connectivity index (χ0n) is 11.3. The molecule has 0 N–H and O–H groups in total. The molecule has 0 radical (unpaired) electrons. The average molecular weight is 295 g/mol. The lowest BCUT2D eigenvalue weighted by molar-refractivity contribution is -0.794. The van der Waals surface area contributed by atoms with Gasteiger partial charge in [-0.2, -0.15) is 0 Å². The van der Waals surface area contributed by atoms with E-state index >= 15 is 0 Å². The fraction of sp³-hybridized carbons (Fsp3) is 0.538. The smallest absolute Gasteiger partial charge is 0.558 e. The van der Waals surface area contributed by atoms with Gasteiger partial charge in [-0.25, -0.2) is 4.98 Å². The Kier molecular flexibility index (Phi) is 2.50. The third-order valence-electron chi connectivity index (χ3n) is 4.80. The van der Waals surface area contributed by atoms with Crippen LogP contribution in [0.15, 0.2) is 12.1 Å². The fourth-order valence-electron chi connectivity index (χ4n) is 3.50. The Morgan fingerprint density at radius 2 is 2.25 bits per heavy atom. The van der Waals surface area contributed by atoms with Crippen LogP contribution in [-0.4, -0.2) is 48.8 Å². The fourth-order valence-corrected chi connectivity index (χ4v) is 3.73. The van der Waals surface area contributed by atoms with Gasteiger partial charge in [0.15, 0.2) is 0 Å². The highest BCUT2D eigenvalue weighted by Gasteiger charge is 2.62. The van der Waals surface area contributed by atoms with Crippen molar-refractivity contribution in [2.24, 2.45) is 0 Å². The van der Waals surface area contributed by atoms with Gasteiger partial charge in [0.1, 0.15) is 11.7 Å². The summed E-state index contributed by atoms with van der Waals surface area (Å²) < 4.78 is 12.1. The zero-order chi connectivity index (χ0) is 14.0. The molecular weight excluding hydrogens is 278 g/mol. The molecule has 5 nitrogen and oxygen atoms in total. The van der Waals surface area contributed by atoms with Crippen molar-refractivity contribution in [2.45, 2.75) is 18.8 Å². The van der Waals surface area contributed by atoms with E-state index in [0.717, 1.165) is 30.5 Å². The van der Waals surface area contributed by atoms with Gasteiger partial charge < -0.3 is 13.7 Å². The van der Waals surface area contributed by atoms with Crippen molar-refractivity contribution < 1.29 is 18.5 Å². The Morgan fingerprint density at radius 3 is 3.00 bits per heavy atom. The van der Waals surface area contributed by atoms with Crippen molar-refractivity contribution in [3.63, 3.8) is 0 Å². The third kappa shape index (κ3) is 1.65. The number of hydrogen-bond donors (Lipinski definition) is 0. The van der Waals surface area contributed by atoms with E-state index in [1.54, 1.807) is 6.07 Å². The molecule has 1 aromatic rings. The summed E-state index contributed by atoms with van der Waals surface area (Å²) in [4.78, 5) is 16.2. The normalized spacial score (nSPS) is 36.0. The highest BCUT2D eigenvalue weighted by Crippen LogP contribution is 2.40. The summed E-state index contributed by atoms with van der Waals surface area (Å²) >= 11 is 6.17. The van der Waals surface area contributed by atoms with Crippen molar-refractivity contribution in [2.75, 3.05) is 26.7 Å². The van der Waals surface area contributed by atoms with Crippen LogP contribution >= 0.6 is 11.6 Å². The number of aromatic nitrogens is 1. The van der Waals surface area contributed by atoms with E-state index in [-0.39, 0.29) is 5.97 Å². The molecule has 4 rings (SSSR count). The summed E-state index contributed by atoms with van der Waals surface area (Å²) in [7, 11) is 2.02. The molecule has 2 aliphatic heterocycles. The molecule has 3 heterocycles. The van der Waals surface area contributed by atoms with Crippen molar-refractivity contribution >= 4 is 29.7 Å². The van der Waals surface area contributed by atoms with E-state index in [9.17, 15) is 4.79 Å². The number of pyridine rings is 1. The molecule has 0 spiro atoms. The van der Waals surface area contributed by atoms with Crippen LogP contribution in [0.4, 0.5) is 0 Å². The van der Waals surface area contributed by atoms with Crippen LogP contribution < -0.4 is 5.46 Å². The third-order valence-corrected chi connectivity index (χ3v) is 4.99. The molecule has 7 heteroatoms. The molecular formula is C13H16BClN2O3. The number of carbonyl (C=O) groups is 1. The summed E-state index contributed by atoms with van der Waals surface area (Å²) in [5.74, 6) is 0.296. The lowest BCUT2D eigenvalue weighted by Gasteiger charge is -2.41. The summed E-state index contributed by atoms with van der Waals surface area (Å²) in [6.07, 6.45) is 2.30. The molecule has 1 aliphatic carbocycles. The van der Waals surface area contributed by atoms with Crippen molar-refractivity contribution in [3.05, 3.63) is 23.0 Å². The Bertz CT molecular complexity index is 609. The molecule has 2 unspecified atom stereocenters. The van der Waals surface area contributed by atoms with Crippen molar-refractivity contribution in [1.82, 2.24) is 4.98 Å². The number of likely N-dealkylation sites (N-methyl/N-ethyl adjacent to an activating group) is 1. The van der Waals surface area contributed by atoms with Crippen LogP contribution in [0, 0.1) is 0 Å². The Hall–Kier alpha value is -1.11. The van der Waals surface area contributed by atoms with Crippen molar-refractivity contribution in [1.29, 1.82) is 0 Å². The zero-order valence-corrected chi connectivity index (χ0v) is 12.1. The summed E-state index contributed by atoms with van der Waals surface area (Å²) in [6, 6.07) is 3.80. The molecule has 0 amide bonds. The van der Waals surface area contributed by atoms with E-state index in [4.69, 9.17) is 20.9 Å². The summed E-state index contributed by atoms with van der Waals surface area (Å²) in [5, 5.41) is 0.450. The first-order valence-corrected chi connectivity index (χ1v) is 7.42. The first kappa shape index (κ1) is 12.6. The van der Waals surface area contributed by atoms with Crippen LogP contribution in [0.1, 0.15) is 24.5 Å². The molecule has 20 heavy (non-hydrogen) atoms. The van der Waals surface area contributed by atoms with E-state index in [2.05, 4.69) is 4.98 Å². The maximum Gasteiger partial charge on any atom is 0.558 e. The minimum atomic E-state index is -1.82. The summed E-state index contributed by atoms with van der Waals surface area (Å²) in [5.41, 5.74) is 1.87. The van der Waals surface area contributed by atoms with Crippen LogP contribution in [0.25, 0.3) is 0 Å². The van der Waals surface area contributed by atoms with Gasteiger partial charge in [0.25, 0.3) is 0 Å². The molecule has 1 aromatic heterocycles. The predicted molar refractivity (Wildman–Crippen MR) is 74.6 cm³/mol. The van der Waals surface area contributed by atoms with Gasteiger partial charge in [-0.1, -0.05) is 23.1 Å². The quantitative estimate of drug-likeness (QED) is 0.598. The Balaban J connectivity index is 1.85. The number of hydrogen-bond acceptors (Lipinski definition) is 4. The highest BCUT2D eigenvalue weighted by molar-refractivity contribution is 6.77. The van der Waals surface area contributed by atoms with Gasteiger partial charge >= 0.3 is 12.7 Å². The van der Waals surface area contributed by atoms with Gasteiger partial charge in [-0.05, 0) is 18.9 Å². The van der Waals surface area contributed by atoms with E-state index in [1.807, 2.05) is 13.1 Å². The standard InChI is InChI=1S/C13H16BClN2O3/c1-17-4-5-19-14(17,20-13(18)8-17)10-6-11(9-2-3-9)16-12(15)7-10/h6-7,9H,2-5,8H2,1H3. The molecule has 3 aliphatic rings. The maximum atomic E-state index is 11.8. The first-order chi connectivity index (χ1) is 9.52. The number of fused-ring (bicyclic) bond motifs is 1. The average Bonchev–Trinajstić information content (AvgIpc) is 3.10.